The number of ether oxygens (including phenoxy) is 1. The summed E-state index contributed by atoms with van der Waals surface area (Å²) in [5.74, 6) is -0.409. The summed E-state index contributed by atoms with van der Waals surface area (Å²) in [5.41, 5.74) is 6.32. The normalized spacial score (nSPS) is 12.9. The zero-order valence-electron chi connectivity index (χ0n) is 12.7. The van der Waals surface area contributed by atoms with Crippen molar-refractivity contribution in [3.63, 3.8) is 0 Å². The predicted molar refractivity (Wildman–Crippen MR) is 76.9 cm³/mol. The largest absolute Gasteiger partial charge is 0.494 e. The molecular weight excluding hydrogens is 259 g/mol. The van der Waals surface area contributed by atoms with Crippen LogP contribution in [0.2, 0.25) is 0 Å². The molecule has 0 aromatic heterocycles. The summed E-state index contributed by atoms with van der Waals surface area (Å²) in [7, 11) is 3.08. The van der Waals surface area contributed by atoms with E-state index in [1.54, 1.807) is 19.2 Å². The van der Waals surface area contributed by atoms with Crippen molar-refractivity contribution in [1.29, 1.82) is 0 Å². The van der Waals surface area contributed by atoms with Crippen LogP contribution in [-0.2, 0) is 11.3 Å². The molecule has 0 fully saturated rings. The molecule has 112 valence electrons. The molecule has 0 spiro atoms. The number of halogens is 1. The zero-order valence-corrected chi connectivity index (χ0v) is 12.7. The molecule has 2 N–H and O–H groups in total. The molecule has 4 nitrogen and oxygen atoms in total. The molecule has 0 saturated heterocycles. The van der Waals surface area contributed by atoms with Crippen LogP contribution in [0.25, 0.3) is 0 Å². The average Bonchev–Trinajstić information content (AvgIpc) is 2.36. The van der Waals surface area contributed by atoms with E-state index in [-0.39, 0.29) is 17.1 Å². The molecule has 0 unspecified atom stereocenters. The highest BCUT2D eigenvalue weighted by Gasteiger charge is 2.29. The van der Waals surface area contributed by atoms with Crippen LogP contribution in [0.4, 0.5) is 4.39 Å². The van der Waals surface area contributed by atoms with Gasteiger partial charge >= 0.3 is 0 Å². The molecule has 5 heteroatoms. The van der Waals surface area contributed by atoms with Gasteiger partial charge in [0.05, 0.1) is 13.2 Å². The van der Waals surface area contributed by atoms with Gasteiger partial charge in [0.1, 0.15) is 0 Å². The Balaban J connectivity index is 2.78. The number of nitrogens with two attached hydrogens (primary N) is 1. The number of amides is 1. The van der Waals surface area contributed by atoms with Crippen LogP contribution in [-0.4, -0.2) is 31.0 Å². The average molecular weight is 282 g/mol. The summed E-state index contributed by atoms with van der Waals surface area (Å²) in [6.07, 6.45) is 0. The first kappa shape index (κ1) is 16.4. The second kappa shape index (κ2) is 6.22. The van der Waals surface area contributed by atoms with E-state index >= 15 is 0 Å². The third-order valence-corrected chi connectivity index (χ3v) is 3.21. The maximum Gasteiger partial charge on any atom is 0.240 e. The van der Waals surface area contributed by atoms with Crippen molar-refractivity contribution in [2.24, 2.45) is 11.1 Å². The van der Waals surface area contributed by atoms with E-state index in [9.17, 15) is 9.18 Å². The quantitative estimate of drug-likeness (QED) is 0.920. The molecule has 0 aliphatic heterocycles. The number of methoxy groups -OCH3 is 1. The molecule has 0 aliphatic rings. The predicted octanol–water partition coefficient (Wildman–Crippen LogP) is 2.17. The lowest BCUT2D eigenvalue weighted by atomic mass is 9.86. The zero-order chi connectivity index (χ0) is 15.5. The topological polar surface area (TPSA) is 55.6 Å². The number of rotatable bonds is 4. The summed E-state index contributed by atoms with van der Waals surface area (Å²) >= 11 is 0. The van der Waals surface area contributed by atoms with Crippen molar-refractivity contribution in [2.45, 2.75) is 33.4 Å². The van der Waals surface area contributed by atoms with Crippen LogP contribution in [0.5, 0.6) is 5.75 Å². The Morgan fingerprint density at radius 3 is 2.50 bits per heavy atom. The Labute approximate surface area is 119 Å². The minimum Gasteiger partial charge on any atom is -0.494 e. The van der Waals surface area contributed by atoms with Crippen LogP contribution in [0.1, 0.15) is 26.3 Å². The second-order valence-electron chi connectivity index (χ2n) is 6.01. The lowest BCUT2D eigenvalue weighted by Crippen LogP contribution is -2.48. The van der Waals surface area contributed by atoms with Gasteiger partial charge in [-0.15, -0.1) is 0 Å². The number of hydrogen-bond donors (Lipinski definition) is 1. The minimum absolute atomic E-state index is 0.159. The van der Waals surface area contributed by atoms with Gasteiger partial charge in [0.2, 0.25) is 5.91 Å². The van der Waals surface area contributed by atoms with Gasteiger partial charge in [-0.25, -0.2) is 4.39 Å². The summed E-state index contributed by atoms with van der Waals surface area (Å²) < 4.78 is 18.5. The second-order valence-corrected chi connectivity index (χ2v) is 6.01. The van der Waals surface area contributed by atoms with Crippen molar-refractivity contribution in [1.82, 2.24) is 4.90 Å². The molecule has 20 heavy (non-hydrogen) atoms. The van der Waals surface area contributed by atoms with Crippen molar-refractivity contribution in [2.75, 3.05) is 14.2 Å². The SMILES string of the molecule is COc1ccc(CN(C)C(=O)[C@@H](N)C(C)(C)C)cc1F. The number of carbonyl (C=O) groups is 1. The van der Waals surface area contributed by atoms with Crippen LogP contribution in [0.3, 0.4) is 0 Å². The van der Waals surface area contributed by atoms with Gasteiger partial charge in [0.25, 0.3) is 0 Å². The van der Waals surface area contributed by atoms with Gasteiger partial charge < -0.3 is 15.4 Å². The molecule has 0 heterocycles. The molecule has 1 aromatic rings. The first-order valence-electron chi connectivity index (χ1n) is 6.49. The summed E-state index contributed by atoms with van der Waals surface area (Å²) in [6.45, 7) is 6.05. The van der Waals surface area contributed by atoms with Gasteiger partial charge in [0, 0.05) is 13.6 Å². The number of carbonyl (C=O) groups excluding carboxylic acids is 1. The highest BCUT2D eigenvalue weighted by Crippen LogP contribution is 2.21. The fourth-order valence-electron chi connectivity index (χ4n) is 1.77. The third kappa shape index (κ3) is 3.93. The van der Waals surface area contributed by atoms with Gasteiger partial charge in [-0.3, -0.25) is 4.79 Å². The molecule has 0 bridgehead atoms. The van der Waals surface area contributed by atoms with Gasteiger partial charge in [0.15, 0.2) is 11.6 Å². The number of benzene rings is 1. The van der Waals surface area contributed by atoms with Gasteiger partial charge in [-0.05, 0) is 23.1 Å². The van der Waals surface area contributed by atoms with Crippen molar-refractivity contribution in [3.05, 3.63) is 29.6 Å². The fourth-order valence-corrected chi connectivity index (χ4v) is 1.77. The highest BCUT2D eigenvalue weighted by atomic mass is 19.1. The smallest absolute Gasteiger partial charge is 0.240 e. The highest BCUT2D eigenvalue weighted by molar-refractivity contribution is 5.82. The summed E-state index contributed by atoms with van der Waals surface area (Å²) in [4.78, 5) is 13.7. The molecule has 0 saturated carbocycles. The lowest BCUT2D eigenvalue weighted by molar-refractivity contribution is -0.134. The van der Waals surface area contributed by atoms with E-state index in [2.05, 4.69) is 0 Å². The van der Waals surface area contributed by atoms with E-state index in [0.29, 0.717) is 12.1 Å². The minimum atomic E-state index is -0.587. The van der Waals surface area contributed by atoms with Crippen molar-refractivity contribution >= 4 is 5.91 Å². The maximum atomic E-state index is 13.6. The van der Waals surface area contributed by atoms with Crippen LogP contribution >= 0.6 is 0 Å². The van der Waals surface area contributed by atoms with Crippen LogP contribution in [0, 0.1) is 11.2 Å². The Kier molecular flexibility index (Phi) is 5.11. The van der Waals surface area contributed by atoms with Crippen molar-refractivity contribution < 1.29 is 13.9 Å². The monoisotopic (exact) mass is 282 g/mol. The van der Waals surface area contributed by atoms with Crippen molar-refractivity contribution in [3.8, 4) is 5.75 Å². The van der Waals surface area contributed by atoms with E-state index in [1.807, 2.05) is 20.8 Å². The van der Waals surface area contributed by atoms with E-state index in [1.165, 1.54) is 18.1 Å². The number of likely N-dealkylation sites (N-methyl/N-ethyl adjacent to an activating group) is 1. The maximum absolute atomic E-state index is 13.6. The Bertz CT molecular complexity index is 483. The molecular formula is C15H23FN2O2. The lowest BCUT2D eigenvalue weighted by Gasteiger charge is -2.30. The molecule has 1 aromatic carbocycles. The van der Waals surface area contributed by atoms with E-state index in [4.69, 9.17) is 10.5 Å². The molecule has 0 aliphatic carbocycles. The molecule has 0 radical (unpaired) electrons. The number of nitrogens with zero attached hydrogens (tertiary/aromatic N) is 1. The fraction of sp³-hybridized carbons (Fsp3) is 0.533. The summed E-state index contributed by atoms with van der Waals surface area (Å²) in [5, 5.41) is 0. The number of hydrogen-bond acceptors (Lipinski definition) is 3. The molecule has 1 amide bonds. The molecule has 1 atom stereocenters. The molecule has 1 rings (SSSR count). The first-order chi connectivity index (χ1) is 9.16. The van der Waals surface area contributed by atoms with Gasteiger partial charge in [-0.1, -0.05) is 26.8 Å². The van der Waals surface area contributed by atoms with E-state index in [0.717, 1.165) is 0 Å². The summed E-state index contributed by atoms with van der Waals surface area (Å²) in [6, 6.07) is 4.06. The Morgan fingerprint density at radius 1 is 1.45 bits per heavy atom. The first-order valence-corrected chi connectivity index (χ1v) is 6.49. The Morgan fingerprint density at radius 2 is 2.05 bits per heavy atom. The third-order valence-electron chi connectivity index (χ3n) is 3.21. The standard InChI is InChI=1S/C15H23FN2O2/c1-15(2,3)13(17)14(19)18(4)9-10-6-7-12(20-5)11(16)8-10/h6-8,13H,9,17H2,1-5H3/t13-/m1/s1. The van der Waals surface area contributed by atoms with E-state index < -0.39 is 11.9 Å². The van der Waals surface area contributed by atoms with Crippen LogP contribution in [0.15, 0.2) is 18.2 Å². The van der Waals surface area contributed by atoms with Gasteiger partial charge in [-0.2, -0.15) is 0 Å². The Hall–Kier alpha value is -1.62. The van der Waals surface area contributed by atoms with Crippen LogP contribution < -0.4 is 10.5 Å².